The number of hydrogen-bond acceptors (Lipinski definition) is 3. The minimum Gasteiger partial charge on any atom is -0.385 e. The topological polar surface area (TPSA) is 41.6 Å². The van der Waals surface area contributed by atoms with Gasteiger partial charge in [-0.05, 0) is 17.7 Å². The predicted molar refractivity (Wildman–Crippen MR) is 57.6 cm³/mol. The van der Waals surface area contributed by atoms with Crippen LogP contribution >= 0.6 is 0 Å². The maximum Gasteiger partial charge on any atom is 0.124 e. The Morgan fingerprint density at radius 3 is 2.67 bits per heavy atom. The zero-order valence-corrected chi connectivity index (χ0v) is 8.65. The minimum absolute atomic E-state index is 0.212. The van der Waals surface area contributed by atoms with E-state index < -0.39 is 0 Å². The molecule has 0 saturated carbocycles. The highest BCUT2D eigenvalue weighted by Crippen LogP contribution is 2.14. The highest BCUT2D eigenvalue weighted by molar-refractivity contribution is 5.83. The number of hydrogen-bond donors (Lipinski definition) is 1. The van der Waals surface area contributed by atoms with E-state index in [4.69, 9.17) is 5.73 Å². The van der Waals surface area contributed by atoms with Crippen molar-refractivity contribution in [3.05, 3.63) is 35.6 Å². The van der Waals surface area contributed by atoms with Crippen molar-refractivity contribution >= 4 is 5.84 Å². The molecule has 80 valence electrons. The fourth-order valence-electron chi connectivity index (χ4n) is 1.61. The van der Waals surface area contributed by atoms with Gasteiger partial charge >= 0.3 is 0 Å². The maximum atomic E-state index is 12.7. The molecule has 0 aliphatic carbocycles. The van der Waals surface area contributed by atoms with Crippen molar-refractivity contribution in [2.75, 3.05) is 6.54 Å². The lowest BCUT2D eigenvalue weighted by Gasteiger charge is -2.13. The average molecular weight is 207 g/mol. The van der Waals surface area contributed by atoms with Crippen LogP contribution in [0.3, 0.4) is 0 Å². The number of benzene rings is 1. The Balaban J connectivity index is 2.02. The molecule has 1 aromatic rings. The van der Waals surface area contributed by atoms with Crippen molar-refractivity contribution in [1.29, 1.82) is 0 Å². The fourth-order valence-corrected chi connectivity index (χ4v) is 1.61. The molecule has 1 aromatic carbocycles. The van der Waals surface area contributed by atoms with Crippen LogP contribution in [0.25, 0.3) is 0 Å². The number of hydrazone groups is 1. The van der Waals surface area contributed by atoms with Gasteiger partial charge in [0.15, 0.2) is 0 Å². The summed E-state index contributed by atoms with van der Waals surface area (Å²) in [6, 6.07) is 6.46. The van der Waals surface area contributed by atoms with E-state index in [9.17, 15) is 4.39 Å². The SMILES string of the molecule is CC1CN(Cc2ccc(F)cc2)N=C1N. The minimum atomic E-state index is -0.212. The number of nitrogens with two attached hydrogens (primary N) is 1. The van der Waals surface area contributed by atoms with Gasteiger partial charge in [0.1, 0.15) is 11.7 Å². The van der Waals surface area contributed by atoms with Crippen LogP contribution in [-0.2, 0) is 6.54 Å². The molecule has 0 spiro atoms. The molecule has 0 amide bonds. The number of nitrogens with zero attached hydrogens (tertiary/aromatic N) is 2. The molecule has 1 heterocycles. The van der Waals surface area contributed by atoms with E-state index in [0.717, 1.165) is 12.1 Å². The number of rotatable bonds is 2. The van der Waals surface area contributed by atoms with E-state index >= 15 is 0 Å². The summed E-state index contributed by atoms with van der Waals surface area (Å²) in [5.74, 6) is 0.777. The molecule has 4 heteroatoms. The van der Waals surface area contributed by atoms with Crippen LogP contribution in [0.4, 0.5) is 4.39 Å². The monoisotopic (exact) mass is 207 g/mol. The Morgan fingerprint density at radius 2 is 2.13 bits per heavy atom. The predicted octanol–water partition coefficient (Wildman–Crippen LogP) is 1.55. The summed E-state index contributed by atoms with van der Waals surface area (Å²) >= 11 is 0. The fraction of sp³-hybridized carbons (Fsp3) is 0.364. The molecule has 1 aliphatic rings. The first-order valence-corrected chi connectivity index (χ1v) is 4.98. The Labute approximate surface area is 88.4 Å². The normalized spacial score (nSPS) is 20.5. The van der Waals surface area contributed by atoms with Gasteiger partial charge in [-0.3, -0.25) is 5.01 Å². The summed E-state index contributed by atoms with van der Waals surface area (Å²) in [4.78, 5) is 0. The van der Waals surface area contributed by atoms with E-state index in [1.165, 1.54) is 12.1 Å². The maximum absolute atomic E-state index is 12.7. The van der Waals surface area contributed by atoms with Gasteiger partial charge < -0.3 is 5.73 Å². The lowest BCUT2D eigenvalue weighted by molar-refractivity contribution is 0.292. The van der Waals surface area contributed by atoms with Crippen molar-refractivity contribution in [1.82, 2.24) is 5.01 Å². The molecule has 0 fully saturated rings. The summed E-state index contributed by atoms with van der Waals surface area (Å²) in [5.41, 5.74) is 6.74. The summed E-state index contributed by atoms with van der Waals surface area (Å²) in [7, 11) is 0. The molecule has 0 aromatic heterocycles. The molecular formula is C11H14FN3. The van der Waals surface area contributed by atoms with Crippen LogP contribution in [0.1, 0.15) is 12.5 Å². The zero-order chi connectivity index (χ0) is 10.8. The lowest BCUT2D eigenvalue weighted by atomic mass is 10.1. The van der Waals surface area contributed by atoms with Gasteiger partial charge in [-0.15, -0.1) is 0 Å². The van der Waals surface area contributed by atoms with Gasteiger partial charge in [-0.2, -0.15) is 5.10 Å². The van der Waals surface area contributed by atoms with Gasteiger partial charge in [0, 0.05) is 12.5 Å². The van der Waals surface area contributed by atoms with Gasteiger partial charge in [0.25, 0.3) is 0 Å². The molecule has 1 unspecified atom stereocenters. The van der Waals surface area contributed by atoms with Gasteiger partial charge in [0.05, 0.1) is 6.54 Å². The van der Waals surface area contributed by atoms with Gasteiger partial charge in [-0.1, -0.05) is 19.1 Å². The Morgan fingerprint density at radius 1 is 1.47 bits per heavy atom. The van der Waals surface area contributed by atoms with Crippen LogP contribution < -0.4 is 5.73 Å². The van der Waals surface area contributed by atoms with Crippen LogP contribution in [-0.4, -0.2) is 17.4 Å². The van der Waals surface area contributed by atoms with E-state index in [1.54, 1.807) is 12.1 Å². The van der Waals surface area contributed by atoms with Crippen LogP contribution in [0.5, 0.6) is 0 Å². The quantitative estimate of drug-likeness (QED) is 0.799. The Hall–Kier alpha value is -1.58. The molecule has 0 radical (unpaired) electrons. The molecule has 0 saturated heterocycles. The Bertz CT molecular complexity index is 372. The van der Waals surface area contributed by atoms with E-state index in [0.29, 0.717) is 18.3 Å². The third-order valence-corrected chi connectivity index (χ3v) is 2.52. The molecule has 2 N–H and O–H groups in total. The van der Waals surface area contributed by atoms with Gasteiger partial charge in [0.2, 0.25) is 0 Å². The first kappa shape index (κ1) is 9.96. The van der Waals surface area contributed by atoms with E-state index in [2.05, 4.69) is 5.10 Å². The third-order valence-electron chi connectivity index (χ3n) is 2.52. The number of halogens is 1. The van der Waals surface area contributed by atoms with Crippen molar-refractivity contribution in [2.24, 2.45) is 16.8 Å². The largest absolute Gasteiger partial charge is 0.385 e. The van der Waals surface area contributed by atoms with Crippen LogP contribution in [0, 0.1) is 11.7 Å². The van der Waals surface area contributed by atoms with E-state index in [-0.39, 0.29) is 5.82 Å². The van der Waals surface area contributed by atoms with Crippen molar-refractivity contribution in [3.8, 4) is 0 Å². The smallest absolute Gasteiger partial charge is 0.124 e. The third kappa shape index (κ3) is 2.26. The summed E-state index contributed by atoms with van der Waals surface area (Å²) in [5, 5.41) is 6.13. The lowest BCUT2D eigenvalue weighted by Crippen LogP contribution is -2.20. The number of amidine groups is 1. The molecule has 2 rings (SSSR count). The van der Waals surface area contributed by atoms with Crippen LogP contribution in [0.2, 0.25) is 0 Å². The second-order valence-corrected chi connectivity index (χ2v) is 3.90. The second kappa shape index (κ2) is 3.88. The second-order valence-electron chi connectivity index (χ2n) is 3.90. The molecule has 1 aliphatic heterocycles. The van der Waals surface area contributed by atoms with Crippen molar-refractivity contribution < 1.29 is 4.39 Å². The summed E-state index contributed by atoms with van der Waals surface area (Å²) in [6.07, 6.45) is 0. The highest BCUT2D eigenvalue weighted by atomic mass is 19.1. The first-order valence-electron chi connectivity index (χ1n) is 4.98. The zero-order valence-electron chi connectivity index (χ0n) is 8.65. The molecule has 15 heavy (non-hydrogen) atoms. The first-order chi connectivity index (χ1) is 7.15. The standard InChI is InChI=1S/C11H14FN3/c1-8-6-15(14-11(8)13)7-9-2-4-10(12)5-3-9/h2-5,8H,6-7H2,1H3,(H2,13,14). The Kier molecular flexibility index (Phi) is 2.58. The molecular weight excluding hydrogens is 193 g/mol. The van der Waals surface area contributed by atoms with Gasteiger partial charge in [-0.25, -0.2) is 4.39 Å². The van der Waals surface area contributed by atoms with Crippen LogP contribution in [0.15, 0.2) is 29.4 Å². The molecule has 3 nitrogen and oxygen atoms in total. The van der Waals surface area contributed by atoms with Crippen molar-refractivity contribution in [3.63, 3.8) is 0 Å². The average Bonchev–Trinajstić information content (AvgIpc) is 2.50. The highest BCUT2D eigenvalue weighted by Gasteiger charge is 2.19. The summed E-state index contributed by atoms with van der Waals surface area (Å²) < 4.78 is 12.7. The molecule has 0 bridgehead atoms. The van der Waals surface area contributed by atoms with Crippen molar-refractivity contribution in [2.45, 2.75) is 13.5 Å². The summed E-state index contributed by atoms with van der Waals surface area (Å²) in [6.45, 7) is 3.57. The molecule has 1 atom stereocenters. The van der Waals surface area contributed by atoms with E-state index in [1.807, 2.05) is 11.9 Å².